The fourth-order valence-corrected chi connectivity index (χ4v) is 4.94. The number of benzene rings is 1. The third-order valence-electron chi connectivity index (χ3n) is 6.96. The largest absolute Gasteiger partial charge is 0.341 e. The van der Waals surface area contributed by atoms with Gasteiger partial charge in [-0.05, 0) is 80.2 Å². The van der Waals surface area contributed by atoms with E-state index in [1.54, 1.807) is 36.5 Å². The monoisotopic (exact) mass is 451 g/mol. The van der Waals surface area contributed by atoms with Gasteiger partial charge < -0.3 is 10.2 Å². The maximum absolute atomic E-state index is 13.1. The van der Waals surface area contributed by atoms with Crippen molar-refractivity contribution in [2.75, 3.05) is 13.1 Å². The molecule has 176 valence electrons. The highest BCUT2D eigenvalue weighted by Gasteiger charge is 2.37. The van der Waals surface area contributed by atoms with Crippen LogP contribution >= 0.6 is 0 Å². The molecule has 4 rings (SSSR count). The number of amides is 2. The first-order valence-corrected chi connectivity index (χ1v) is 12.4. The summed E-state index contributed by atoms with van der Waals surface area (Å²) >= 11 is 0. The molecular formula is C27H34FN3O2. The van der Waals surface area contributed by atoms with Gasteiger partial charge in [-0.2, -0.15) is 0 Å². The highest BCUT2D eigenvalue weighted by molar-refractivity contribution is 5.96. The van der Waals surface area contributed by atoms with Crippen LogP contribution in [0.1, 0.15) is 79.8 Å². The summed E-state index contributed by atoms with van der Waals surface area (Å²) in [6, 6.07) is 11.6. The lowest BCUT2D eigenvalue weighted by molar-refractivity contribution is -0.134. The Morgan fingerprint density at radius 2 is 1.82 bits per heavy atom. The second-order valence-electron chi connectivity index (χ2n) is 9.42. The average molecular weight is 452 g/mol. The molecule has 2 aliphatic rings. The first-order chi connectivity index (χ1) is 16.1. The Labute approximate surface area is 195 Å². The van der Waals surface area contributed by atoms with Crippen LogP contribution in [0.3, 0.4) is 0 Å². The number of carbonyl (C=O) groups is 2. The molecule has 1 aliphatic heterocycles. The summed E-state index contributed by atoms with van der Waals surface area (Å²) in [5, 5.41) is 2.95. The zero-order valence-corrected chi connectivity index (χ0v) is 19.2. The van der Waals surface area contributed by atoms with Crippen molar-refractivity contribution < 1.29 is 14.0 Å². The molecule has 2 amide bonds. The summed E-state index contributed by atoms with van der Waals surface area (Å²) in [5.41, 5.74) is 1.58. The smallest absolute Gasteiger partial charge is 0.270 e. The van der Waals surface area contributed by atoms with Crippen molar-refractivity contribution >= 4 is 11.8 Å². The number of carbonyl (C=O) groups excluding carboxylic acids is 2. The second kappa shape index (κ2) is 11.4. The molecule has 1 aromatic carbocycles. The van der Waals surface area contributed by atoms with Gasteiger partial charge in [0.2, 0.25) is 5.91 Å². The van der Waals surface area contributed by atoms with E-state index in [0.717, 1.165) is 58.0 Å². The van der Waals surface area contributed by atoms with E-state index < -0.39 is 6.04 Å². The van der Waals surface area contributed by atoms with E-state index in [2.05, 4.69) is 10.3 Å². The molecule has 1 N–H and O–H groups in total. The lowest BCUT2D eigenvalue weighted by atomic mass is 10.0. The molecule has 2 fully saturated rings. The van der Waals surface area contributed by atoms with Gasteiger partial charge in [0.15, 0.2) is 0 Å². The van der Waals surface area contributed by atoms with Crippen LogP contribution in [0.25, 0.3) is 0 Å². The Morgan fingerprint density at radius 3 is 2.55 bits per heavy atom. The number of aromatic nitrogens is 1. The van der Waals surface area contributed by atoms with Crippen molar-refractivity contribution in [1.29, 1.82) is 0 Å². The summed E-state index contributed by atoms with van der Waals surface area (Å²) in [6.45, 7) is 1.56. The quantitative estimate of drug-likeness (QED) is 0.512. The van der Waals surface area contributed by atoms with Crippen LogP contribution in [-0.2, 0) is 4.79 Å². The number of nitrogens with one attached hydrogen (secondary N) is 1. The Morgan fingerprint density at radius 1 is 1.03 bits per heavy atom. The van der Waals surface area contributed by atoms with Crippen LogP contribution in [0.5, 0.6) is 0 Å². The number of rotatable bonds is 10. The molecule has 0 spiro atoms. The molecule has 0 radical (unpaired) electrons. The van der Waals surface area contributed by atoms with Crippen LogP contribution in [0.4, 0.5) is 4.39 Å². The SMILES string of the molecule is O=C(N[C@@H](CCCCC[C@@H]1C[C@H]1c1ccc(F)cc1)C(=O)N1CCCCC1)c1ccccn1. The van der Waals surface area contributed by atoms with E-state index in [-0.39, 0.29) is 17.6 Å². The Balaban J connectivity index is 1.24. The minimum absolute atomic E-state index is 0.0394. The number of nitrogens with zero attached hydrogens (tertiary/aromatic N) is 2. The number of pyridine rings is 1. The van der Waals surface area contributed by atoms with Crippen molar-refractivity contribution in [2.24, 2.45) is 5.92 Å². The molecule has 1 aromatic heterocycles. The molecule has 2 heterocycles. The van der Waals surface area contributed by atoms with Crippen LogP contribution in [0.2, 0.25) is 0 Å². The normalized spacial score (nSPS) is 20.8. The third-order valence-corrected chi connectivity index (χ3v) is 6.96. The number of hydrogen-bond acceptors (Lipinski definition) is 3. The highest BCUT2D eigenvalue weighted by Crippen LogP contribution is 2.50. The summed E-state index contributed by atoms with van der Waals surface area (Å²) in [4.78, 5) is 31.8. The predicted molar refractivity (Wildman–Crippen MR) is 126 cm³/mol. The fourth-order valence-electron chi connectivity index (χ4n) is 4.94. The minimum atomic E-state index is -0.495. The lowest BCUT2D eigenvalue weighted by Crippen LogP contribution is -2.50. The molecule has 1 aliphatic carbocycles. The van der Waals surface area contributed by atoms with E-state index in [1.165, 1.54) is 12.0 Å². The van der Waals surface area contributed by atoms with E-state index in [1.807, 2.05) is 17.0 Å². The summed E-state index contributed by atoms with van der Waals surface area (Å²) in [6.07, 6.45) is 10.9. The van der Waals surface area contributed by atoms with Crippen LogP contribution < -0.4 is 5.32 Å². The molecule has 0 bridgehead atoms. The molecule has 2 aromatic rings. The minimum Gasteiger partial charge on any atom is -0.341 e. The lowest BCUT2D eigenvalue weighted by Gasteiger charge is -2.30. The number of likely N-dealkylation sites (tertiary alicyclic amines) is 1. The van der Waals surface area contributed by atoms with Crippen LogP contribution in [0, 0.1) is 11.7 Å². The topological polar surface area (TPSA) is 62.3 Å². The third kappa shape index (κ3) is 6.62. The van der Waals surface area contributed by atoms with Crippen LogP contribution in [0.15, 0.2) is 48.7 Å². The number of hydrogen-bond donors (Lipinski definition) is 1. The molecule has 3 atom stereocenters. The van der Waals surface area contributed by atoms with Crippen molar-refractivity contribution in [3.63, 3.8) is 0 Å². The van der Waals surface area contributed by atoms with Crippen LogP contribution in [-0.4, -0.2) is 40.8 Å². The summed E-state index contributed by atoms with van der Waals surface area (Å²) < 4.78 is 13.1. The van der Waals surface area contributed by atoms with Crippen molar-refractivity contribution in [3.8, 4) is 0 Å². The molecule has 1 saturated heterocycles. The first-order valence-electron chi connectivity index (χ1n) is 12.4. The fraction of sp³-hybridized carbons (Fsp3) is 0.519. The summed E-state index contributed by atoms with van der Waals surface area (Å²) in [7, 11) is 0. The van der Waals surface area contributed by atoms with Gasteiger partial charge in [-0.25, -0.2) is 4.39 Å². The van der Waals surface area contributed by atoms with E-state index in [0.29, 0.717) is 24.0 Å². The van der Waals surface area contributed by atoms with Gasteiger partial charge in [0, 0.05) is 19.3 Å². The zero-order chi connectivity index (χ0) is 23.0. The maximum atomic E-state index is 13.1. The van der Waals surface area contributed by atoms with Gasteiger partial charge in [0.25, 0.3) is 5.91 Å². The predicted octanol–water partition coefficient (Wildman–Crippen LogP) is 5.09. The van der Waals surface area contributed by atoms with E-state index >= 15 is 0 Å². The van der Waals surface area contributed by atoms with Crippen molar-refractivity contribution in [2.45, 2.75) is 69.7 Å². The van der Waals surface area contributed by atoms with Gasteiger partial charge in [-0.3, -0.25) is 14.6 Å². The Kier molecular flexibility index (Phi) is 8.08. The molecule has 1 saturated carbocycles. The Hall–Kier alpha value is -2.76. The second-order valence-corrected chi connectivity index (χ2v) is 9.42. The highest BCUT2D eigenvalue weighted by atomic mass is 19.1. The molecule has 5 nitrogen and oxygen atoms in total. The van der Waals surface area contributed by atoms with E-state index in [9.17, 15) is 14.0 Å². The Bertz CT molecular complexity index is 913. The van der Waals surface area contributed by atoms with Gasteiger partial charge in [-0.1, -0.05) is 37.5 Å². The van der Waals surface area contributed by atoms with Crippen molar-refractivity contribution in [1.82, 2.24) is 15.2 Å². The number of unbranched alkanes of at least 4 members (excludes halogenated alkanes) is 2. The first kappa shape index (κ1) is 23.4. The maximum Gasteiger partial charge on any atom is 0.270 e. The molecule has 6 heteroatoms. The zero-order valence-electron chi connectivity index (χ0n) is 19.2. The molecule has 33 heavy (non-hydrogen) atoms. The van der Waals surface area contributed by atoms with Gasteiger partial charge in [0.1, 0.15) is 17.6 Å². The molecular weight excluding hydrogens is 417 g/mol. The average Bonchev–Trinajstić information content (AvgIpc) is 3.63. The summed E-state index contributed by atoms with van der Waals surface area (Å²) in [5.74, 6) is 0.824. The number of piperidine rings is 1. The van der Waals surface area contributed by atoms with Gasteiger partial charge in [0.05, 0.1) is 0 Å². The number of halogens is 1. The standard InChI is InChI=1S/C27H34FN3O2/c28-22-14-12-20(13-15-22)23-19-21(23)9-3-1-4-11-25(27(33)31-17-7-2-8-18-31)30-26(32)24-10-5-6-16-29-24/h5-6,10,12-16,21,23,25H,1-4,7-9,11,17-19H2,(H,30,32)/t21-,23+,25+/m1/s1. The van der Waals surface area contributed by atoms with Gasteiger partial charge >= 0.3 is 0 Å². The van der Waals surface area contributed by atoms with Gasteiger partial charge in [-0.15, -0.1) is 0 Å². The van der Waals surface area contributed by atoms with Crippen molar-refractivity contribution in [3.05, 3.63) is 65.7 Å². The van der Waals surface area contributed by atoms with E-state index in [4.69, 9.17) is 0 Å². The molecule has 0 unspecified atom stereocenters.